The molecule has 2 nitrogen and oxygen atoms in total. The Bertz CT molecular complexity index is 519. The fraction of sp³-hybridized carbons (Fsp3) is 0. The van der Waals surface area contributed by atoms with Crippen LogP contribution in [0.25, 0.3) is 0 Å². The van der Waals surface area contributed by atoms with Crippen LogP contribution in [-0.2, 0) is 0 Å². The van der Waals surface area contributed by atoms with Crippen molar-refractivity contribution in [3.8, 4) is 11.6 Å². The van der Waals surface area contributed by atoms with E-state index >= 15 is 0 Å². The first-order valence-corrected chi connectivity index (χ1v) is 5.99. The molecule has 0 radical (unpaired) electrons. The Balaban J connectivity index is 2.31. The van der Waals surface area contributed by atoms with E-state index in [2.05, 4.69) is 36.8 Å². The molecular weight excluding hydrogens is 341 g/mol. The molecule has 0 saturated heterocycles. The highest BCUT2D eigenvalue weighted by Crippen LogP contribution is 2.30. The third kappa shape index (κ3) is 2.59. The zero-order chi connectivity index (χ0) is 11.5. The van der Waals surface area contributed by atoms with Gasteiger partial charge in [-0.15, -0.1) is 0 Å². The first kappa shape index (κ1) is 11.5. The number of halogens is 3. The SMILES string of the molecule is Fc1ccccc1Oc1ncc(Br)cc1Br. The number of pyridine rings is 1. The van der Waals surface area contributed by atoms with Crippen LogP contribution in [0.3, 0.4) is 0 Å². The second-order valence-electron chi connectivity index (χ2n) is 2.97. The minimum atomic E-state index is -0.417. The number of para-hydroxylation sites is 1. The highest BCUT2D eigenvalue weighted by Gasteiger charge is 2.08. The van der Waals surface area contributed by atoms with Crippen LogP contribution in [0.15, 0.2) is 45.5 Å². The lowest BCUT2D eigenvalue weighted by atomic mass is 10.3. The molecule has 1 aromatic heterocycles. The lowest BCUT2D eigenvalue weighted by Crippen LogP contribution is -1.91. The Labute approximate surface area is 109 Å². The predicted octanol–water partition coefficient (Wildman–Crippen LogP) is 4.54. The Morgan fingerprint density at radius 3 is 2.62 bits per heavy atom. The number of hydrogen-bond acceptors (Lipinski definition) is 2. The van der Waals surface area contributed by atoms with Gasteiger partial charge in [0.25, 0.3) is 0 Å². The van der Waals surface area contributed by atoms with Crippen molar-refractivity contribution < 1.29 is 9.13 Å². The Morgan fingerprint density at radius 2 is 1.94 bits per heavy atom. The van der Waals surface area contributed by atoms with Gasteiger partial charge in [-0.25, -0.2) is 9.37 Å². The zero-order valence-corrected chi connectivity index (χ0v) is 11.1. The maximum absolute atomic E-state index is 13.3. The molecule has 82 valence electrons. The highest BCUT2D eigenvalue weighted by atomic mass is 79.9. The van der Waals surface area contributed by atoms with Gasteiger partial charge < -0.3 is 4.74 Å². The fourth-order valence-corrected chi connectivity index (χ4v) is 2.18. The number of hydrogen-bond donors (Lipinski definition) is 0. The van der Waals surface area contributed by atoms with E-state index in [1.807, 2.05) is 0 Å². The summed E-state index contributed by atoms with van der Waals surface area (Å²) in [6, 6.07) is 7.97. The van der Waals surface area contributed by atoms with Crippen LogP contribution in [0.5, 0.6) is 11.6 Å². The highest BCUT2D eigenvalue weighted by molar-refractivity contribution is 9.11. The van der Waals surface area contributed by atoms with Gasteiger partial charge >= 0.3 is 0 Å². The summed E-state index contributed by atoms with van der Waals surface area (Å²) in [5, 5.41) is 0. The molecule has 0 aliphatic carbocycles. The molecule has 0 saturated carbocycles. The number of ether oxygens (including phenoxy) is 1. The van der Waals surface area contributed by atoms with Crippen molar-refractivity contribution in [1.29, 1.82) is 0 Å². The van der Waals surface area contributed by atoms with Gasteiger partial charge in [0.1, 0.15) is 0 Å². The van der Waals surface area contributed by atoms with E-state index in [4.69, 9.17) is 4.74 Å². The average molecular weight is 347 g/mol. The van der Waals surface area contributed by atoms with E-state index < -0.39 is 5.82 Å². The lowest BCUT2D eigenvalue weighted by molar-refractivity contribution is 0.425. The maximum Gasteiger partial charge on any atom is 0.233 e. The summed E-state index contributed by atoms with van der Waals surface area (Å²) in [6.45, 7) is 0. The fourth-order valence-electron chi connectivity index (χ4n) is 1.11. The monoisotopic (exact) mass is 345 g/mol. The van der Waals surface area contributed by atoms with Crippen LogP contribution in [0.4, 0.5) is 4.39 Å². The van der Waals surface area contributed by atoms with E-state index in [0.717, 1.165) is 4.47 Å². The van der Waals surface area contributed by atoms with Crippen molar-refractivity contribution in [2.24, 2.45) is 0 Å². The molecule has 0 spiro atoms. The molecule has 0 unspecified atom stereocenters. The van der Waals surface area contributed by atoms with Crippen molar-refractivity contribution >= 4 is 31.9 Å². The normalized spacial score (nSPS) is 10.2. The first-order chi connectivity index (χ1) is 7.66. The molecule has 0 aliphatic heterocycles. The molecule has 16 heavy (non-hydrogen) atoms. The van der Waals surface area contributed by atoms with E-state index in [1.165, 1.54) is 6.07 Å². The first-order valence-electron chi connectivity index (χ1n) is 4.40. The topological polar surface area (TPSA) is 22.1 Å². The molecule has 0 N–H and O–H groups in total. The van der Waals surface area contributed by atoms with Gasteiger partial charge in [0, 0.05) is 10.7 Å². The number of rotatable bonds is 2. The smallest absolute Gasteiger partial charge is 0.233 e. The van der Waals surface area contributed by atoms with Crippen molar-refractivity contribution in [1.82, 2.24) is 4.98 Å². The summed E-state index contributed by atoms with van der Waals surface area (Å²) < 4.78 is 20.1. The van der Waals surface area contributed by atoms with Crippen LogP contribution in [0.1, 0.15) is 0 Å². The van der Waals surface area contributed by atoms with E-state index in [0.29, 0.717) is 10.4 Å². The predicted molar refractivity (Wildman–Crippen MR) is 66.1 cm³/mol. The Morgan fingerprint density at radius 1 is 1.19 bits per heavy atom. The van der Waals surface area contributed by atoms with Gasteiger partial charge in [-0.2, -0.15) is 0 Å². The summed E-state index contributed by atoms with van der Waals surface area (Å²) in [5.74, 6) is 0.0606. The molecule has 1 aromatic carbocycles. The molecule has 1 heterocycles. The molecule has 0 amide bonds. The molecule has 0 bridgehead atoms. The van der Waals surface area contributed by atoms with Crippen molar-refractivity contribution in [3.05, 3.63) is 51.3 Å². The van der Waals surface area contributed by atoms with Gasteiger partial charge in [-0.05, 0) is 50.1 Å². The summed E-state index contributed by atoms with van der Waals surface area (Å²) in [7, 11) is 0. The second-order valence-corrected chi connectivity index (χ2v) is 4.74. The minimum absolute atomic E-state index is 0.151. The standard InChI is InChI=1S/C11H6Br2FNO/c12-7-5-8(13)11(15-6-7)16-10-4-2-1-3-9(10)14/h1-6H. The van der Waals surface area contributed by atoms with Gasteiger partial charge in [-0.1, -0.05) is 12.1 Å². The average Bonchev–Trinajstić information content (AvgIpc) is 2.25. The number of nitrogens with zero attached hydrogens (tertiary/aromatic N) is 1. The summed E-state index contributed by atoms with van der Waals surface area (Å²) >= 11 is 6.56. The van der Waals surface area contributed by atoms with Gasteiger partial charge in [-0.3, -0.25) is 0 Å². The van der Waals surface area contributed by atoms with Crippen molar-refractivity contribution in [3.63, 3.8) is 0 Å². The van der Waals surface area contributed by atoms with Crippen molar-refractivity contribution in [2.45, 2.75) is 0 Å². The zero-order valence-electron chi connectivity index (χ0n) is 7.95. The third-order valence-corrected chi connectivity index (χ3v) is 2.82. The Kier molecular flexibility index (Phi) is 3.56. The molecule has 2 rings (SSSR count). The summed E-state index contributed by atoms with van der Waals surface area (Å²) in [5.41, 5.74) is 0. The molecule has 0 aliphatic rings. The largest absolute Gasteiger partial charge is 0.435 e. The summed E-state index contributed by atoms with van der Waals surface area (Å²) in [4.78, 5) is 4.03. The van der Waals surface area contributed by atoms with Crippen LogP contribution in [0.2, 0.25) is 0 Å². The quantitative estimate of drug-likeness (QED) is 0.796. The van der Waals surface area contributed by atoms with Gasteiger partial charge in [0.05, 0.1) is 4.47 Å². The van der Waals surface area contributed by atoms with E-state index in [1.54, 1.807) is 30.5 Å². The lowest BCUT2D eigenvalue weighted by Gasteiger charge is -2.07. The molecule has 2 aromatic rings. The molecular formula is C11H6Br2FNO. The minimum Gasteiger partial charge on any atom is -0.435 e. The number of aromatic nitrogens is 1. The van der Waals surface area contributed by atoms with E-state index in [-0.39, 0.29) is 5.75 Å². The summed E-state index contributed by atoms with van der Waals surface area (Å²) in [6.07, 6.45) is 1.58. The molecule has 0 fully saturated rings. The third-order valence-electron chi connectivity index (χ3n) is 1.82. The number of benzene rings is 1. The van der Waals surface area contributed by atoms with Gasteiger partial charge in [0.15, 0.2) is 11.6 Å². The second kappa shape index (κ2) is 4.93. The van der Waals surface area contributed by atoms with Crippen LogP contribution >= 0.6 is 31.9 Å². The van der Waals surface area contributed by atoms with Gasteiger partial charge in [0.2, 0.25) is 5.88 Å². The van der Waals surface area contributed by atoms with Crippen LogP contribution in [-0.4, -0.2) is 4.98 Å². The van der Waals surface area contributed by atoms with E-state index in [9.17, 15) is 4.39 Å². The maximum atomic E-state index is 13.3. The van der Waals surface area contributed by atoms with Crippen LogP contribution in [0, 0.1) is 5.82 Å². The van der Waals surface area contributed by atoms with Crippen molar-refractivity contribution in [2.75, 3.05) is 0 Å². The molecule has 0 atom stereocenters. The van der Waals surface area contributed by atoms with Crippen LogP contribution < -0.4 is 4.74 Å². The molecule has 5 heteroatoms. The Hall–Kier alpha value is -0.940.